The molecule has 3 rings (SSSR count). The molecule has 1 unspecified atom stereocenters. The Kier molecular flexibility index (Phi) is 7.35. The Morgan fingerprint density at radius 1 is 1.07 bits per heavy atom. The number of hydrogen-bond donors (Lipinski definition) is 1. The molecule has 0 radical (unpaired) electrons. The monoisotopic (exact) mass is 381 g/mol. The number of amides is 1. The lowest BCUT2D eigenvalue weighted by Crippen LogP contribution is -2.37. The molecule has 0 aromatic heterocycles. The van der Waals surface area contributed by atoms with E-state index in [1.54, 1.807) is 0 Å². The summed E-state index contributed by atoms with van der Waals surface area (Å²) in [6, 6.07) is 14.3. The van der Waals surface area contributed by atoms with Gasteiger partial charge in [-0.25, -0.2) is 0 Å². The van der Waals surface area contributed by atoms with Crippen molar-refractivity contribution < 1.29 is 14.3 Å². The average molecular weight is 382 g/mol. The second-order valence-corrected chi connectivity index (χ2v) is 7.30. The predicted molar refractivity (Wildman–Crippen MR) is 112 cm³/mol. The summed E-state index contributed by atoms with van der Waals surface area (Å²) in [5.74, 6) is 1.74. The van der Waals surface area contributed by atoms with E-state index in [2.05, 4.69) is 17.4 Å². The fourth-order valence-corrected chi connectivity index (χ4v) is 3.74. The van der Waals surface area contributed by atoms with Crippen LogP contribution in [0.15, 0.2) is 42.5 Å². The van der Waals surface area contributed by atoms with E-state index in [4.69, 9.17) is 9.47 Å². The first kappa shape index (κ1) is 20.2. The first-order chi connectivity index (χ1) is 13.7. The van der Waals surface area contributed by atoms with Gasteiger partial charge in [0.1, 0.15) is 11.5 Å². The van der Waals surface area contributed by atoms with Crippen LogP contribution in [0.3, 0.4) is 0 Å². The maximum Gasteiger partial charge on any atom is 0.260 e. The van der Waals surface area contributed by atoms with Crippen LogP contribution >= 0.6 is 0 Å². The minimum absolute atomic E-state index is 0.0634. The van der Waals surface area contributed by atoms with Crippen molar-refractivity contribution >= 4 is 5.91 Å². The van der Waals surface area contributed by atoms with Crippen LogP contribution in [-0.2, 0) is 24.1 Å². The van der Waals surface area contributed by atoms with Crippen molar-refractivity contribution in [2.45, 2.75) is 58.5 Å². The molecule has 28 heavy (non-hydrogen) atoms. The molecule has 1 aliphatic rings. The summed E-state index contributed by atoms with van der Waals surface area (Å²) < 4.78 is 11.7. The van der Waals surface area contributed by atoms with Crippen LogP contribution < -0.4 is 14.8 Å². The van der Waals surface area contributed by atoms with Gasteiger partial charge in [-0.3, -0.25) is 4.79 Å². The average Bonchev–Trinajstić information content (AvgIpc) is 2.72. The summed E-state index contributed by atoms with van der Waals surface area (Å²) in [4.78, 5) is 12.4. The Labute approximate surface area is 168 Å². The van der Waals surface area contributed by atoms with Gasteiger partial charge in [-0.15, -0.1) is 0 Å². The van der Waals surface area contributed by atoms with Gasteiger partial charge in [0.15, 0.2) is 6.10 Å². The van der Waals surface area contributed by atoms with Crippen LogP contribution in [0.2, 0.25) is 0 Å². The smallest absolute Gasteiger partial charge is 0.260 e. The lowest BCUT2D eigenvalue weighted by atomic mass is 9.91. The molecule has 0 bridgehead atoms. The molecule has 0 spiro atoms. The van der Waals surface area contributed by atoms with Gasteiger partial charge < -0.3 is 14.8 Å². The molecule has 2 aromatic carbocycles. The van der Waals surface area contributed by atoms with Crippen molar-refractivity contribution in [2.75, 3.05) is 13.2 Å². The summed E-state index contributed by atoms with van der Waals surface area (Å²) in [5, 5.41) is 3.00. The summed E-state index contributed by atoms with van der Waals surface area (Å²) in [6.45, 7) is 5.09. The largest absolute Gasteiger partial charge is 0.494 e. The number of aryl methyl sites for hydroxylation is 2. The third-order valence-electron chi connectivity index (χ3n) is 5.22. The summed E-state index contributed by atoms with van der Waals surface area (Å²) in [7, 11) is 0. The molecule has 0 saturated heterocycles. The zero-order valence-corrected chi connectivity index (χ0v) is 17.0. The van der Waals surface area contributed by atoms with Gasteiger partial charge in [-0.05, 0) is 81.2 Å². The van der Waals surface area contributed by atoms with E-state index in [0.29, 0.717) is 13.2 Å². The van der Waals surface area contributed by atoms with E-state index in [-0.39, 0.29) is 5.91 Å². The number of para-hydroxylation sites is 1. The Hall–Kier alpha value is -2.49. The van der Waals surface area contributed by atoms with Crippen LogP contribution in [0, 0.1) is 0 Å². The Morgan fingerprint density at radius 3 is 2.71 bits per heavy atom. The lowest BCUT2D eigenvalue weighted by Gasteiger charge is -2.22. The standard InChI is InChI=1S/C24H31NO3/c1-3-27-22-15-7-5-11-20(22)13-9-17-25-24(26)18(2)28-23-16-8-12-19-10-4-6-14-21(19)23/h5,7-8,11-12,15-16,18H,3-4,6,9-10,13-14,17H2,1-2H3,(H,25,26). The molecule has 4 nitrogen and oxygen atoms in total. The Morgan fingerprint density at radius 2 is 1.86 bits per heavy atom. The molecule has 1 amide bonds. The maximum absolute atomic E-state index is 12.4. The van der Waals surface area contributed by atoms with Crippen LogP contribution in [0.4, 0.5) is 0 Å². The highest BCUT2D eigenvalue weighted by Gasteiger charge is 2.19. The number of hydrogen-bond acceptors (Lipinski definition) is 3. The number of nitrogens with one attached hydrogen (secondary N) is 1. The molecule has 0 fully saturated rings. The second-order valence-electron chi connectivity index (χ2n) is 7.30. The van der Waals surface area contributed by atoms with E-state index in [0.717, 1.165) is 37.2 Å². The molecule has 1 aliphatic carbocycles. The van der Waals surface area contributed by atoms with E-state index in [1.807, 2.05) is 44.2 Å². The number of ether oxygens (including phenoxy) is 2. The minimum Gasteiger partial charge on any atom is -0.494 e. The SMILES string of the molecule is CCOc1ccccc1CCCNC(=O)C(C)Oc1cccc2c1CCCC2. The van der Waals surface area contributed by atoms with Crippen molar-refractivity contribution in [3.05, 3.63) is 59.2 Å². The molecule has 0 heterocycles. The van der Waals surface area contributed by atoms with Crippen molar-refractivity contribution in [3.8, 4) is 11.5 Å². The Balaban J connectivity index is 1.47. The van der Waals surface area contributed by atoms with E-state index < -0.39 is 6.10 Å². The number of benzene rings is 2. The molecule has 2 aromatic rings. The van der Waals surface area contributed by atoms with Crippen molar-refractivity contribution in [1.29, 1.82) is 0 Å². The minimum atomic E-state index is -0.496. The zero-order chi connectivity index (χ0) is 19.8. The van der Waals surface area contributed by atoms with Gasteiger partial charge in [0, 0.05) is 6.54 Å². The number of fused-ring (bicyclic) bond motifs is 1. The topological polar surface area (TPSA) is 47.6 Å². The Bertz CT molecular complexity index is 787. The molecular formula is C24H31NO3. The third-order valence-corrected chi connectivity index (χ3v) is 5.22. The van der Waals surface area contributed by atoms with Crippen LogP contribution in [0.1, 0.15) is 49.8 Å². The fourth-order valence-electron chi connectivity index (χ4n) is 3.74. The highest BCUT2D eigenvalue weighted by molar-refractivity contribution is 5.80. The molecular weight excluding hydrogens is 350 g/mol. The summed E-state index contributed by atoms with van der Waals surface area (Å²) in [6.07, 6.45) is 5.82. The van der Waals surface area contributed by atoms with E-state index >= 15 is 0 Å². The first-order valence-corrected chi connectivity index (χ1v) is 10.4. The normalized spacial score (nSPS) is 14.1. The van der Waals surface area contributed by atoms with Crippen molar-refractivity contribution in [2.24, 2.45) is 0 Å². The molecule has 0 saturated carbocycles. The molecule has 1 atom stereocenters. The number of carbonyl (C=O) groups is 1. The fraction of sp³-hybridized carbons (Fsp3) is 0.458. The second kappa shape index (κ2) is 10.2. The molecule has 4 heteroatoms. The van der Waals surface area contributed by atoms with Crippen LogP contribution in [0.25, 0.3) is 0 Å². The highest BCUT2D eigenvalue weighted by Crippen LogP contribution is 2.30. The molecule has 0 aliphatic heterocycles. The number of carbonyl (C=O) groups excluding carboxylic acids is 1. The molecule has 1 N–H and O–H groups in total. The zero-order valence-electron chi connectivity index (χ0n) is 17.0. The van der Waals surface area contributed by atoms with Gasteiger partial charge in [-0.2, -0.15) is 0 Å². The predicted octanol–water partition coefficient (Wildman–Crippen LogP) is 4.48. The highest BCUT2D eigenvalue weighted by atomic mass is 16.5. The van der Waals surface area contributed by atoms with Gasteiger partial charge in [-0.1, -0.05) is 30.3 Å². The van der Waals surface area contributed by atoms with Gasteiger partial charge in [0.2, 0.25) is 0 Å². The lowest BCUT2D eigenvalue weighted by molar-refractivity contribution is -0.127. The summed E-state index contributed by atoms with van der Waals surface area (Å²) >= 11 is 0. The number of rotatable bonds is 9. The van der Waals surface area contributed by atoms with Gasteiger partial charge >= 0.3 is 0 Å². The van der Waals surface area contributed by atoms with Crippen LogP contribution in [-0.4, -0.2) is 25.2 Å². The van der Waals surface area contributed by atoms with Gasteiger partial charge in [0.25, 0.3) is 5.91 Å². The first-order valence-electron chi connectivity index (χ1n) is 10.4. The molecule has 150 valence electrons. The van der Waals surface area contributed by atoms with Crippen molar-refractivity contribution in [3.63, 3.8) is 0 Å². The van der Waals surface area contributed by atoms with Crippen molar-refractivity contribution in [1.82, 2.24) is 5.32 Å². The van der Waals surface area contributed by atoms with E-state index in [1.165, 1.54) is 29.5 Å². The maximum atomic E-state index is 12.4. The summed E-state index contributed by atoms with van der Waals surface area (Å²) in [5.41, 5.74) is 3.82. The van der Waals surface area contributed by atoms with Crippen LogP contribution in [0.5, 0.6) is 11.5 Å². The van der Waals surface area contributed by atoms with E-state index in [9.17, 15) is 4.79 Å². The van der Waals surface area contributed by atoms with Gasteiger partial charge in [0.05, 0.1) is 6.61 Å². The third kappa shape index (κ3) is 5.28. The quantitative estimate of drug-likeness (QED) is 0.652.